The molecule has 10 heteroatoms. The Morgan fingerprint density at radius 1 is 1.10 bits per heavy atom. The van der Waals surface area contributed by atoms with Gasteiger partial charge in [-0.3, -0.25) is 9.69 Å². The van der Waals surface area contributed by atoms with Crippen molar-refractivity contribution in [2.24, 2.45) is 5.73 Å². The highest BCUT2D eigenvalue weighted by Crippen LogP contribution is 2.25. The third kappa shape index (κ3) is 6.20. The Morgan fingerprint density at radius 3 is 2.29 bits per heavy atom. The van der Waals surface area contributed by atoms with Crippen LogP contribution in [0.1, 0.15) is 0 Å². The lowest BCUT2D eigenvalue weighted by Gasteiger charge is -2.32. The molecule has 0 radical (unpaired) electrons. The zero-order valence-electron chi connectivity index (χ0n) is 17.1. The molecule has 3 rings (SSSR count). The molecule has 1 amide bonds. The van der Waals surface area contributed by atoms with Crippen molar-refractivity contribution in [1.82, 2.24) is 9.21 Å². The number of hydrogen-bond donors (Lipinski definition) is 2. The first-order valence-corrected chi connectivity index (χ1v) is 12.0. The number of benzene rings is 2. The monoisotopic (exact) mass is 465 g/mol. The van der Waals surface area contributed by atoms with Crippen molar-refractivity contribution >= 4 is 28.6 Å². The van der Waals surface area contributed by atoms with E-state index in [9.17, 15) is 13.2 Å². The van der Waals surface area contributed by atoms with Crippen LogP contribution in [-0.4, -0.2) is 74.7 Å². The molecule has 1 aliphatic heterocycles. The molecule has 1 fully saturated rings. The van der Waals surface area contributed by atoms with Gasteiger partial charge in [0.15, 0.2) is 0 Å². The maximum atomic E-state index is 13.4. The number of nitrogens with two attached hydrogens (primary N) is 1. The van der Waals surface area contributed by atoms with Crippen LogP contribution in [0.25, 0.3) is 0 Å². The number of sulfonamides is 1. The number of ether oxygens (including phenoxy) is 2. The van der Waals surface area contributed by atoms with Gasteiger partial charge >= 0.3 is 0 Å². The normalized spacial score (nSPS) is 16.2. The molecule has 0 saturated carbocycles. The number of para-hydroxylation sites is 1. The minimum Gasteiger partial charge on any atom is -0.457 e. The molecule has 8 nitrogen and oxygen atoms in total. The zero-order valence-corrected chi connectivity index (χ0v) is 18.8. The van der Waals surface area contributed by atoms with Crippen LogP contribution in [0.3, 0.4) is 0 Å². The van der Waals surface area contributed by atoms with E-state index in [4.69, 9.17) is 15.2 Å². The van der Waals surface area contributed by atoms with Crippen molar-refractivity contribution in [2.45, 2.75) is 10.9 Å². The number of nitrogens with zero attached hydrogens (tertiary/aromatic N) is 2. The summed E-state index contributed by atoms with van der Waals surface area (Å²) in [5.41, 5.74) is 5.49. The lowest BCUT2D eigenvalue weighted by molar-refractivity contribution is -0.121. The van der Waals surface area contributed by atoms with E-state index < -0.39 is 22.0 Å². The lowest BCUT2D eigenvalue weighted by Crippen LogP contribution is -2.52. The van der Waals surface area contributed by atoms with Gasteiger partial charge in [-0.2, -0.15) is 16.9 Å². The molecule has 0 spiro atoms. The van der Waals surface area contributed by atoms with Gasteiger partial charge in [-0.05, 0) is 36.4 Å². The molecule has 1 heterocycles. The van der Waals surface area contributed by atoms with E-state index in [1.165, 1.54) is 12.1 Å². The summed E-state index contributed by atoms with van der Waals surface area (Å²) >= 11 is 4.17. The second-order valence-electron chi connectivity index (χ2n) is 7.06. The first-order valence-electron chi connectivity index (χ1n) is 9.97. The molecular weight excluding hydrogens is 438 g/mol. The van der Waals surface area contributed by atoms with E-state index in [2.05, 4.69) is 17.5 Å². The van der Waals surface area contributed by atoms with Crippen LogP contribution in [0.5, 0.6) is 11.5 Å². The topological polar surface area (TPSA) is 102 Å². The number of primary amides is 1. The van der Waals surface area contributed by atoms with Gasteiger partial charge in [0, 0.05) is 31.9 Å². The van der Waals surface area contributed by atoms with Gasteiger partial charge in [0.2, 0.25) is 15.9 Å². The van der Waals surface area contributed by atoms with E-state index in [1.54, 1.807) is 12.1 Å². The number of carbonyl (C=O) groups excluding carboxylic acids is 1. The van der Waals surface area contributed by atoms with Gasteiger partial charge in [0.1, 0.15) is 17.5 Å². The number of morpholine rings is 1. The van der Waals surface area contributed by atoms with Gasteiger partial charge in [-0.25, -0.2) is 8.42 Å². The van der Waals surface area contributed by atoms with E-state index in [-0.39, 0.29) is 17.2 Å². The van der Waals surface area contributed by atoms with Crippen LogP contribution in [0.4, 0.5) is 0 Å². The van der Waals surface area contributed by atoms with Crippen molar-refractivity contribution in [2.75, 3.05) is 45.1 Å². The van der Waals surface area contributed by atoms with E-state index >= 15 is 0 Å². The minimum atomic E-state index is -3.98. The summed E-state index contributed by atoms with van der Waals surface area (Å²) < 4.78 is 39.0. The highest BCUT2D eigenvalue weighted by atomic mass is 32.2. The highest BCUT2D eigenvalue weighted by molar-refractivity contribution is 7.89. The Hall–Kier alpha value is -2.11. The fourth-order valence-electron chi connectivity index (χ4n) is 3.27. The molecule has 31 heavy (non-hydrogen) atoms. The molecule has 2 aromatic carbocycles. The summed E-state index contributed by atoms with van der Waals surface area (Å²) in [6.45, 7) is 3.21. The van der Waals surface area contributed by atoms with Gasteiger partial charge in [0.25, 0.3) is 0 Å². The summed E-state index contributed by atoms with van der Waals surface area (Å²) in [4.78, 5) is 14.1. The molecule has 0 bridgehead atoms. The van der Waals surface area contributed by atoms with E-state index in [1.807, 2.05) is 30.3 Å². The Labute approximate surface area is 188 Å². The third-order valence-electron chi connectivity index (χ3n) is 5.00. The average molecular weight is 466 g/mol. The fourth-order valence-corrected chi connectivity index (χ4v) is 5.34. The number of carbonyl (C=O) groups is 1. The number of amides is 1. The largest absolute Gasteiger partial charge is 0.457 e. The second kappa shape index (κ2) is 11.0. The number of thiol groups is 1. The van der Waals surface area contributed by atoms with Gasteiger partial charge in [-0.15, -0.1) is 0 Å². The molecule has 1 aliphatic rings. The smallest absolute Gasteiger partial charge is 0.243 e. The predicted octanol–water partition coefficient (Wildman–Crippen LogP) is 1.59. The van der Waals surface area contributed by atoms with Crippen LogP contribution in [0, 0.1) is 0 Å². The maximum absolute atomic E-state index is 13.4. The average Bonchev–Trinajstić information content (AvgIpc) is 2.78. The van der Waals surface area contributed by atoms with E-state index in [0.717, 1.165) is 4.31 Å². The summed E-state index contributed by atoms with van der Waals surface area (Å²) in [7, 11) is -3.98. The van der Waals surface area contributed by atoms with Crippen LogP contribution in [-0.2, 0) is 19.6 Å². The molecule has 1 saturated heterocycles. The van der Waals surface area contributed by atoms with Crippen LogP contribution < -0.4 is 10.5 Å². The zero-order chi connectivity index (χ0) is 22.3. The Morgan fingerprint density at radius 2 is 1.71 bits per heavy atom. The maximum Gasteiger partial charge on any atom is 0.243 e. The Bertz CT molecular complexity index is 949. The molecule has 0 aromatic heterocycles. The summed E-state index contributed by atoms with van der Waals surface area (Å²) in [6, 6.07) is 14.2. The minimum absolute atomic E-state index is 0.00707. The predicted molar refractivity (Wildman–Crippen MR) is 121 cm³/mol. The molecule has 1 atom stereocenters. The summed E-state index contributed by atoms with van der Waals surface area (Å²) in [5.74, 6) is 0.414. The van der Waals surface area contributed by atoms with Crippen molar-refractivity contribution in [3.05, 3.63) is 54.6 Å². The quantitative estimate of drug-likeness (QED) is 0.517. The molecular formula is C21H27N3O5S2. The number of hydrogen-bond acceptors (Lipinski definition) is 7. The first kappa shape index (κ1) is 23.6. The highest BCUT2D eigenvalue weighted by Gasteiger charge is 2.34. The summed E-state index contributed by atoms with van der Waals surface area (Å²) in [6.07, 6.45) is 0. The Kier molecular flexibility index (Phi) is 8.33. The van der Waals surface area contributed by atoms with Crippen molar-refractivity contribution in [3.8, 4) is 11.5 Å². The van der Waals surface area contributed by atoms with Gasteiger partial charge in [-0.1, -0.05) is 18.2 Å². The van der Waals surface area contributed by atoms with Gasteiger partial charge in [0.05, 0.1) is 18.1 Å². The Balaban J connectivity index is 1.79. The molecule has 2 aromatic rings. The lowest BCUT2D eigenvalue weighted by atomic mass is 10.3. The van der Waals surface area contributed by atoms with Crippen LogP contribution in [0.2, 0.25) is 0 Å². The van der Waals surface area contributed by atoms with Gasteiger partial charge < -0.3 is 15.2 Å². The number of rotatable bonds is 10. The molecule has 168 valence electrons. The standard InChI is InChI=1S/C21H27N3O5S2/c22-21(25)20(16-30)24(11-10-23-12-14-28-15-13-23)31(26,27)19-8-6-18(7-9-19)29-17-4-2-1-3-5-17/h1-9,20,30H,10-16H2,(H2,22,25)/t20-/m0/s1. The van der Waals surface area contributed by atoms with Crippen LogP contribution >= 0.6 is 12.6 Å². The summed E-state index contributed by atoms with van der Waals surface area (Å²) in [5, 5.41) is 0. The fraction of sp³-hybridized carbons (Fsp3) is 0.381. The SMILES string of the molecule is NC(=O)[C@H](CS)N(CCN1CCOCC1)S(=O)(=O)c1ccc(Oc2ccccc2)cc1. The molecule has 2 N–H and O–H groups in total. The van der Waals surface area contributed by atoms with E-state index in [0.29, 0.717) is 44.3 Å². The van der Waals surface area contributed by atoms with Crippen molar-refractivity contribution < 1.29 is 22.7 Å². The third-order valence-corrected chi connectivity index (χ3v) is 7.27. The van der Waals surface area contributed by atoms with Crippen molar-refractivity contribution in [1.29, 1.82) is 0 Å². The second-order valence-corrected chi connectivity index (χ2v) is 9.31. The van der Waals surface area contributed by atoms with Crippen molar-refractivity contribution in [3.63, 3.8) is 0 Å². The van der Waals surface area contributed by atoms with Crippen LogP contribution in [0.15, 0.2) is 59.5 Å². The first-order chi connectivity index (χ1) is 14.9. The molecule has 0 unspecified atom stereocenters. The molecule has 0 aliphatic carbocycles.